The molecule has 0 spiro atoms. The van der Waals surface area contributed by atoms with Crippen LogP contribution in [-0.4, -0.2) is 12.5 Å². The van der Waals surface area contributed by atoms with Gasteiger partial charge in [-0.2, -0.15) is 0 Å². The van der Waals surface area contributed by atoms with Gasteiger partial charge in [0.1, 0.15) is 0 Å². The summed E-state index contributed by atoms with van der Waals surface area (Å²) in [5, 5.41) is 3.50. The number of hydrogen-bond acceptors (Lipinski definition) is 2. The van der Waals surface area contributed by atoms with Gasteiger partial charge in [0.25, 0.3) is 0 Å². The lowest BCUT2D eigenvalue weighted by atomic mass is 9.84. The molecule has 0 bridgehead atoms. The summed E-state index contributed by atoms with van der Waals surface area (Å²) in [4.78, 5) is 12.3. The number of benzene rings is 1. The van der Waals surface area contributed by atoms with Crippen LogP contribution in [0.15, 0.2) is 16.6 Å². The van der Waals surface area contributed by atoms with Crippen molar-refractivity contribution in [1.29, 1.82) is 0 Å². The van der Waals surface area contributed by atoms with E-state index in [1.54, 1.807) is 12.1 Å². The van der Waals surface area contributed by atoms with Gasteiger partial charge in [-0.3, -0.25) is 4.79 Å². The predicted molar refractivity (Wildman–Crippen MR) is 89.4 cm³/mol. The largest absolute Gasteiger partial charge is 0.330 e. The molecule has 112 valence electrons. The number of nitrogens with two attached hydrogens (primary N) is 1. The molecule has 1 aromatic rings. The van der Waals surface area contributed by atoms with E-state index in [0.29, 0.717) is 33.2 Å². The fraction of sp³-hybridized carbons (Fsp3) is 0.500. The van der Waals surface area contributed by atoms with Gasteiger partial charge in [-0.25, -0.2) is 0 Å². The maximum absolute atomic E-state index is 12.3. The fourth-order valence-corrected chi connectivity index (χ4v) is 2.70. The molecule has 6 heteroatoms. The topological polar surface area (TPSA) is 55.1 Å². The van der Waals surface area contributed by atoms with Crippen LogP contribution < -0.4 is 11.1 Å². The highest BCUT2D eigenvalue weighted by atomic mass is 79.9. The molecule has 0 fully saturated rings. The van der Waals surface area contributed by atoms with Gasteiger partial charge in [0.2, 0.25) is 5.91 Å². The number of halogens is 3. The molecule has 1 amide bonds. The number of carbonyl (C=O) groups is 1. The lowest BCUT2D eigenvalue weighted by molar-refractivity contribution is -0.120. The SMILES string of the molecule is CC(C)(C)CC(CN)C(=O)Nc1ccc(Br)c(Cl)c1Cl. The molecule has 3 N–H and O–H groups in total. The van der Waals surface area contributed by atoms with Crippen molar-refractivity contribution >= 4 is 50.7 Å². The smallest absolute Gasteiger partial charge is 0.228 e. The summed E-state index contributed by atoms with van der Waals surface area (Å²) < 4.78 is 0.687. The molecule has 1 unspecified atom stereocenters. The minimum Gasteiger partial charge on any atom is -0.330 e. The Morgan fingerprint density at radius 1 is 1.35 bits per heavy atom. The normalized spacial score (nSPS) is 13.2. The molecule has 0 saturated heterocycles. The molecular formula is C14H19BrCl2N2O. The molecule has 0 aromatic heterocycles. The molecule has 0 saturated carbocycles. The van der Waals surface area contributed by atoms with Gasteiger partial charge >= 0.3 is 0 Å². The third-order valence-electron chi connectivity index (χ3n) is 2.81. The van der Waals surface area contributed by atoms with Gasteiger partial charge in [-0.1, -0.05) is 44.0 Å². The Morgan fingerprint density at radius 3 is 2.45 bits per heavy atom. The third-order valence-corrected chi connectivity index (χ3v) is 4.58. The Balaban J connectivity index is 2.87. The van der Waals surface area contributed by atoms with Gasteiger partial charge in [-0.05, 0) is 39.9 Å². The zero-order valence-corrected chi connectivity index (χ0v) is 14.9. The zero-order chi connectivity index (χ0) is 15.5. The highest BCUT2D eigenvalue weighted by Crippen LogP contribution is 2.36. The number of anilines is 1. The maximum atomic E-state index is 12.3. The predicted octanol–water partition coefficient (Wildman–Crippen LogP) is 4.71. The van der Waals surface area contributed by atoms with E-state index in [1.807, 2.05) is 0 Å². The maximum Gasteiger partial charge on any atom is 0.228 e. The zero-order valence-electron chi connectivity index (χ0n) is 11.8. The fourth-order valence-electron chi connectivity index (χ4n) is 1.88. The number of rotatable bonds is 4. The number of hydrogen-bond donors (Lipinski definition) is 2. The summed E-state index contributed by atoms with van der Waals surface area (Å²) in [5.74, 6) is -0.392. The van der Waals surface area contributed by atoms with Crippen LogP contribution in [0.25, 0.3) is 0 Å². The van der Waals surface area contributed by atoms with Crippen LogP contribution in [0.3, 0.4) is 0 Å². The van der Waals surface area contributed by atoms with Gasteiger partial charge < -0.3 is 11.1 Å². The minimum atomic E-state index is -0.256. The van der Waals surface area contributed by atoms with E-state index in [9.17, 15) is 4.79 Å². The molecule has 20 heavy (non-hydrogen) atoms. The molecule has 3 nitrogen and oxygen atoms in total. The van der Waals surface area contributed by atoms with Crippen LogP contribution in [0.2, 0.25) is 10.0 Å². The van der Waals surface area contributed by atoms with Crippen molar-refractivity contribution in [2.45, 2.75) is 27.2 Å². The number of amides is 1. The van der Waals surface area contributed by atoms with E-state index in [1.165, 1.54) is 0 Å². The van der Waals surface area contributed by atoms with Crippen LogP contribution in [0.4, 0.5) is 5.69 Å². The average Bonchev–Trinajstić information content (AvgIpc) is 2.35. The van der Waals surface area contributed by atoms with E-state index in [2.05, 4.69) is 42.0 Å². The van der Waals surface area contributed by atoms with Gasteiger partial charge in [0, 0.05) is 11.0 Å². The van der Waals surface area contributed by atoms with Crippen molar-refractivity contribution < 1.29 is 4.79 Å². The summed E-state index contributed by atoms with van der Waals surface area (Å²) in [5.41, 5.74) is 6.23. The van der Waals surface area contributed by atoms with Crippen LogP contribution in [0.5, 0.6) is 0 Å². The second kappa shape index (κ2) is 7.12. The molecule has 0 aliphatic rings. The molecule has 0 heterocycles. The standard InChI is InChI=1S/C14H19BrCl2N2O/c1-14(2,3)6-8(7-18)13(20)19-10-5-4-9(15)11(16)12(10)17/h4-5,8H,6-7,18H2,1-3H3,(H,19,20). The number of nitrogens with one attached hydrogen (secondary N) is 1. The van der Waals surface area contributed by atoms with Crippen LogP contribution in [0.1, 0.15) is 27.2 Å². The van der Waals surface area contributed by atoms with E-state index in [4.69, 9.17) is 28.9 Å². The van der Waals surface area contributed by atoms with Crippen LogP contribution in [-0.2, 0) is 4.79 Å². The van der Waals surface area contributed by atoms with Crippen LogP contribution >= 0.6 is 39.1 Å². The highest BCUT2D eigenvalue weighted by molar-refractivity contribution is 9.10. The van der Waals surface area contributed by atoms with Crippen molar-refractivity contribution in [3.63, 3.8) is 0 Å². The third kappa shape index (κ3) is 4.92. The second-order valence-electron chi connectivity index (χ2n) is 5.91. The van der Waals surface area contributed by atoms with E-state index < -0.39 is 0 Å². The van der Waals surface area contributed by atoms with E-state index in [-0.39, 0.29) is 17.2 Å². The summed E-state index contributed by atoms with van der Waals surface area (Å²) in [6.07, 6.45) is 0.706. The lowest BCUT2D eigenvalue weighted by Gasteiger charge is -2.24. The molecular weight excluding hydrogens is 363 g/mol. The average molecular weight is 382 g/mol. The van der Waals surface area contributed by atoms with E-state index in [0.717, 1.165) is 0 Å². The second-order valence-corrected chi connectivity index (χ2v) is 7.52. The Hall–Kier alpha value is -0.290. The Kier molecular flexibility index (Phi) is 6.32. The first-order chi connectivity index (χ1) is 9.15. The van der Waals surface area contributed by atoms with Crippen molar-refractivity contribution in [2.24, 2.45) is 17.1 Å². The molecule has 0 aliphatic carbocycles. The van der Waals surface area contributed by atoms with Crippen molar-refractivity contribution in [3.8, 4) is 0 Å². The Bertz CT molecular complexity index is 501. The van der Waals surface area contributed by atoms with E-state index >= 15 is 0 Å². The molecule has 0 aliphatic heterocycles. The first kappa shape index (κ1) is 17.8. The summed E-state index contributed by atoms with van der Waals surface area (Å²) in [6.45, 7) is 6.52. The Labute approximate surface area is 138 Å². The highest BCUT2D eigenvalue weighted by Gasteiger charge is 2.24. The summed E-state index contributed by atoms with van der Waals surface area (Å²) >= 11 is 15.4. The van der Waals surface area contributed by atoms with Gasteiger partial charge in [0.05, 0.1) is 21.7 Å². The molecule has 1 rings (SSSR count). The molecule has 1 atom stereocenters. The van der Waals surface area contributed by atoms with Crippen molar-refractivity contribution in [1.82, 2.24) is 0 Å². The monoisotopic (exact) mass is 380 g/mol. The quantitative estimate of drug-likeness (QED) is 0.742. The Morgan fingerprint density at radius 2 is 1.95 bits per heavy atom. The van der Waals surface area contributed by atoms with Crippen molar-refractivity contribution in [2.75, 3.05) is 11.9 Å². The van der Waals surface area contributed by atoms with Gasteiger partial charge in [0.15, 0.2) is 0 Å². The van der Waals surface area contributed by atoms with Crippen LogP contribution in [0, 0.1) is 11.3 Å². The lowest BCUT2D eigenvalue weighted by Crippen LogP contribution is -2.32. The summed E-state index contributed by atoms with van der Waals surface area (Å²) in [6, 6.07) is 3.45. The molecule has 1 aromatic carbocycles. The van der Waals surface area contributed by atoms with Gasteiger partial charge in [-0.15, -0.1) is 0 Å². The minimum absolute atomic E-state index is 0.0303. The first-order valence-electron chi connectivity index (χ1n) is 6.30. The summed E-state index contributed by atoms with van der Waals surface area (Å²) in [7, 11) is 0. The molecule has 0 radical (unpaired) electrons. The first-order valence-corrected chi connectivity index (χ1v) is 7.85. The number of carbonyl (C=O) groups excluding carboxylic acids is 1. The van der Waals surface area contributed by atoms with Crippen molar-refractivity contribution in [3.05, 3.63) is 26.7 Å².